The van der Waals surface area contributed by atoms with Gasteiger partial charge in [0.15, 0.2) is 5.90 Å². The van der Waals surface area contributed by atoms with Crippen LogP contribution in [0.1, 0.15) is 99.3 Å². The number of carbonyl (C=O) groups is 1. The van der Waals surface area contributed by atoms with Gasteiger partial charge in [0.25, 0.3) is 0 Å². The standard InChI is InChI=1S/C27H45NO3/c1-7-26(5,10-8-9-18(2)23-28-16-25(3,4)17-30-23)24(29)31-27(6)21-12-19-11-20(14-21)15-22(27)13-19/h18-22H,7-17H2,1-6H3. The molecule has 0 aromatic rings. The van der Waals surface area contributed by atoms with Gasteiger partial charge in [-0.1, -0.05) is 34.1 Å². The molecule has 2 unspecified atom stereocenters. The number of nitrogens with zero attached hydrogens (tertiary/aromatic N) is 1. The minimum Gasteiger partial charge on any atom is -0.480 e. The summed E-state index contributed by atoms with van der Waals surface area (Å²) in [4.78, 5) is 18.2. The number of hydrogen-bond donors (Lipinski definition) is 0. The lowest BCUT2D eigenvalue weighted by Gasteiger charge is -2.59. The zero-order valence-corrected chi connectivity index (χ0v) is 20.8. The topological polar surface area (TPSA) is 47.9 Å². The van der Waals surface area contributed by atoms with Gasteiger partial charge in [-0.3, -0.25) is 9.79 Å². The molecule has 0 spiro atoms. The van der Waals surface area contributed by atoms with Gasteiger partial charge >= 0.3 is 5.97 Å². The van der Waals surface area contributed by atoms with Crippen molar-refractivity contribution in [1.82, 2.24) is 0 Å². The number of ether oxygens (including phenoxy) is 2. The molecular formula is C27H45NO3. The Morgan fingerprint density at radius 3 is 2.29 bits per heavy atom. The van der Waals surface area contributed by atoms with Crippen LogP contribution in [0.2, 0.25) is 0 Å². The van der Waals surface area contributed by atoms with E-state index >= 15 is 0 Å². The van der Waals surface area contributed by atoms with E-state index < -0.39 is 5.41 Å². The number of rotatable bonds is 8. The second-order valence-electron chi connectivity index (χ2n) is 12.7. The Bertz CT molecular complexity index is 683. The van der Waals surface area contributed by atoms with Gasteiger partial charge < -0.3 is 9.47 Å². The molecule has 0 saturated heterocycles. The van der Waals surface area contributed by atoms with Crippen LogP contribution in [0.3, 0.4) is 0 Å². The molecule has 0 amide bonds. The Morgan fingerprint density at radius 1 is 1.16 bits per heavy atom. The summed E-state index contributed by atoms with van der Waals surface area (Å²) < 4.78 is 12.4. The maximum absolute atomic E-state index is 13.5. The molecule has 1 aliphatic heterocycles. The van der Waals surface area contributed by atoms with Gasteiger partial charge in [-0.2, -0.15) is 0 Å². The smallest absolute Gasteiger partial charge is 0.312 e. The largest absolute Gasteiger partial charge is 0.480 e. The van der Waals surface area contributed by atoms with Crippen molar-refractivity contribution < 1.29 is 14.3 Å². The summed E-state index contributed by atoms with van der Waals surface area (Å²) in [6, 6.07) is 0. The molecule has 176 valence electrons. The van der Waals surface area contributed by atoms with Gasteiger partial charge in [-0.15, -0.1) is 0 Å². The Labute approximate surface area is 189 Å². The molecule has 5 aliphatic rings. The van der Waals surface area contributed by atoms with Gasteiger partial charge in [0.2, 0.25) is 0 Å². The molecule has 1 heterocycles. The van der Waals surface area contributed by atoms with Gasteiger partial charge in [0.1, 0.15) is 5.60 Å². The van der Waals surface area contributed by atoms with Gasteiger partial charge in [-0.25, -0.2) is 0 Å². The Morgan fingerprint density at radius 2 is 1.77 bits per heavy atom. The first kappa shape index (κ1) is 23.1. The Balaban J connectivity index is 1.32. The average Bonchev–Trinajstić information content (AvgIpc) is 2.71. The van der Waals surface area contributed by atoms with Crippen molar-refractivity contribution in [2.45, 2.75) is 105 Å². The first-order valence-electron chi connectivity index (χ1n) is 13.0. The van der Waals surface area contributed by atoms with Gasteiger partial charge in [0.05, 0.1) is 18.6 Å². The van der Waals surface area contributed by atoms with E-state index in [1.807, 2.05) is 0 Å². The third kappa shape index (κ3) is 4.55. The average molecular weight is 432 g/mol. The predicted octanol–water partition coefficient (Wildman–Crippen LogP) is 6.42. The quantitative estimate of drug-likeness (QED) is 0.417. The first-order valence-corrected chi connectivity index (χ1v) is 13.0. The normalized spacial score (nSPS) is 38.7. The fourth-order valence-electron chi connectivity index (χ4n) is 6.91. The SMILES string of the molecule is CCC(C)(CCCC(C)C1=NCC(C)(C)CO1)C(=O)OC1(C)C2CC3CC(C2)CC1C3. The summed E-state index contributed by atoms with van der Waals surface area (Å²) >= 11 is 0. The molecule has 2 atom stereocenters. The minimum atomic E-state index is -0.394. The van der Waals surface area contributed by atoms with Crippen LogP contribution in [0.25, 0.3) is 0 Å². The first-order chi connectivity index (χ1) is 14.5. The minimum absolute atomic E-state index is 0.0469. The van der Waals surface area contributed by atoms with Crippen LogP contribution < -0.4 is 0 Å². The van der Waals surface area contributed by atoms with Crippen molar-refractivity contribution in [3.63, 3.8) is 0 Å². The molecular weight excluding hydrogens is 386 g/mol. The molecule has 0 N–H and O–H groups in total. The molecule has 0 radical (unpaired) electrons. The van der Waals surface area contributed by atoms with E-state index in [-0.39, 0.29) is 17.0 Å². The zero-order valence-electron chi connectivity index (χ0n) is 20.8. The van der Waals surface area contributed by atoms with E-state index in [1.54, 1.807) is 0 Å². The van der Waals surface area contributed by atoms with Gasteiger partial charge in [-0.05, 0) is 88.9 Å². The highest BCUT2D eigenvalue weighted by Gasteiger charge is 2.57. The summed E-state index contributed by atoms with van der Waals surface area (Å²) in [5.74, 6) is 4.22. The molecule has 0 aromatic heterocycles. The highest BCUT2D eigenvalue weighted by molar-refractivity contribution is 5.79. The Hall–Kier alpha value is -1.06. The lowest BCUT2D eigenvalue weighted by atomic mass is 9.50. The second kappa shape index (κ2) is 8.37. The third-order valence-electron chi connectivity index (χ3n) is 9.41. The molecule has 4 heteroatoms. The molecule has 0 aromatic carbocycles. The molecule has 4 fully saturated rings. The van der Waals surface area contributed by atoms with Crippen molar-refractivity contribution in [1.29, 1.82) is 0 Å². The highest BCUT2D eigenvalue weighted by atomic mass is 16.6. The molecule has 4 saturated carbocycles. The summed E-state index contributed by atoms with van der Waals surface area (Å²) in [5, 5.41) is 0. The lowest BCUT2D eigenvalue weighted by molar-refractivity contribution is -0.212. The Kier molecular flexibility index (Phi) is 6.24. The fraction of sp³-hybridized carbons (Fsp3) is 0.926. The maximum atomic E-state index is 13.5. The molecule has 5 rings (SSSR count). The molecule has 4 nitrogen and oxygen atoms in total. The van der Waals surface area contributed by atoms with E-state index in [1.165, 1.54) is 32.1 Å². The number of esters is 1. The van der Waals surface area contributed by atoms with E-state index in [0.717, 1.165) is 56.6 Å². The van der Waals surface area contributed by atoms with Crippen LogP contribution in [-0.2, 0) is 14.3 Å². The van der Waals surface area contributed by atoms with Crippen LogP contribution in [0.4, 0.5) is 0 Å². The van der Waals surface area contributed by atoms with Crippen LogP contribution >= 0.6 is 0 Å². The van der Waals surface area contributed by atoms with Crippen LogP contribution in [0.5, 0.6) is 0 Å². The summed E-state index contributed by atoms with van der Waals surface area (Å²) in [6.45, 7) is 14.7. The van der Waals surface area contributed by atoms with Crippen LogP contribution in [-0.4, -0.2) is 30.6 Å². The molecule has 4 aliphatic carbocycles. The summed E-state index contributed by atoms with van der Waals surface area (Å²) in [7, 11) is 0. The highest BCUT2D eigenvalue weighted by Crippen LogP contribution is 2.59. The van der Waals surface area contributed by atoms with Crippen molar-refractivity contribution in [2.75, 3.05) is 13.2 Å². The van der Waals surface area contributed by atoms with E-state index in [9.17, 15) is 4.79 Å². The number of aliphatic imine (C=N–C) groups is 1. The second-order valence-corrected chi connectivity index (χ2v) is 12.7. The summed E-state index contributed by atoms with van der Waals surface area (Å²) in [5.41, 5.74) is -0.484. The molecule has 4 bridgehead atoms. The monoisotopic (exact) mass is 431 g/mol. The van der Waals surface area contributed by atoms with E-state index in [2.05, 4.69) is 46.5 Å². The number of carbonyl (C=O) groups excluding carboxylic acids is 1. The van der Waals surface area contributed by atoms with Crippen LogP contribution in [0.15, 0.2) is 4.99 Å². The van der Waals surface area contributed by atoms with Gasteiger partial charge in [0, 0.05) is 11.3 Å². The van der Waals surface area contributed by atoms with Crippen LogP contribution in [0, 0.1) is 40.4 Å². The van der Waals surface area contributed by atoms with E-state index in [4.69, 9.17) is 9.47 Å². The lowest BCUT2D eigenvalue weighted by Crippen LogP contribution is -2.58. The van der Waals surface area contributed by atoms with Crippen molar-refractivity contribution in [2.24, 2.45) is 45.4 Å². The third-order valence-corrected chi connectivity index (χ3v) is 9.41. The van der Waals surface area contributed by atoms with Crippen molar-refractivity contribution in [3.8, 4) is 0 Å². The maximum Gasteiger partial charge on any atom is 0.312 e. The zero-order chi connectivity index (χ0) is 22.4. The fourth-order valence-corrected chi connectivity index (χ4v) is 6.91. The molecule has 31 heavy (non-hydrogen) atoms. The van der Waals surface area contributed by atoms with E-state index in [0.29, 0.717) is 17.8 Å². The summed E-state index contributed by atoms with van der Waals surface area (Å²) in [6.07, 6.45) is 10.2. The van der Waals surface area contributed by atoms with Crippen molar-refractivity contribution >= 4 is 11.9 Å². The predicted molar refractivity (Wildman–Crippen MR) is 125 cm³/mol. The van der Waals surface area contributed by atoms with Crippen molar-refractivity contribution in [3.05, 3.63) is 0 Å². The number of hydrogen-bond acceptors (Lipinski definition) is 4.